The number of benzene rings is 2. The number of hydrogen-bond acceptors (Lipinski definition) is 9. The quantitative estimate of drug-likeness (QED) is 0.460. The Labute approximate surface area is 223 Å². The van der Waals surface area contributed by atoms with Crippen LogP contribution in [0.4, 0.5) is 11.6 Å². The second kappa shape index (κ2) is 10.8. The van der Waals surface area contributed by atoms with Crippen molar-refractivity contribution in [2.45, 2.75) is 25.7 Å². The van der Waals surface area contributed by atoms with Gasteiger partial charge in [-0.2, -0.15) is 0 Å². The standard InChI is InChI=1S/C29H34N4O5/c1-18-27-23(13-19(14-24(27)34)20-15-25(36-3)28(38-5)26(16-20)37-4)31-29(30-18)33-11-9-32(10-12-33)21-7-6-8-22(17-21)35-2/h6-8,15-17,19H,9-14H2,1-5H3/t19-/m0/s1. The predicted molar refractivity (Wildman–Crippen MR) is 146 cm³/mol. The van der Waals surface area contributed by atoms with Crippen LogP contribution in [0.5, 0.6) is 23.0 Å². The maximum atomic E-state index is 13.3. The number of piperazine rings is 1. The number of anilines is 2. The number of Topliss-reactive ketones (excluding diaryl/α,β-unsaturated/α-hetero) is 1. The van der Waals surface area contributed by atoms with Gasteiger partial charge in [0, 0.05) is 44.4 Å². The minimum Gasteiger partial charge on any atom is -0.497 e. The second-order valence-corrected chi connectivity index (χ2v) is 9.59. The van der Waals surface area contributed by atoms with E-state index in [1.165, 1.54) is 0 Å². The van der Waals surface area contributed by atoms with Crippen molar-refractivity contribution >= 4 is 17.4 Å². The molecule has 2 aromatic carbocycles. The molecule has 1 aliphatic heterocycles. The predicted octanol–water partition coefficient (Wildman–Crippen LogP) is 4.06. The molecule has 0 amide bonds. The van der Waals surface area contributed by atoms with Gasteiger partial charge in [-0.25, -0.2) is 9.97 Å². The van der Waals surface area contributed by atoms with Gasteiger partial charge in [0.15, 0.2) is 17.3 Å². The Bertz CT molecular complexity index is 1310. The third kappa shape index (κ3) is 4.80. The molecular formula is C29H34N4O5. The first-order valence-corrected chi connectivity index (χ1v) is 12.8. The second-order valence-electron chi connectivity index (χ2n) is 9.59. The number of ketones is 1. The van der Waals surface area contributed by atoms with E-state index in [2.05, 4.69) is 21.9 Å². The molecule has 1 fully saturated rings. The largest absolute Gasteiger partial charge is 0.497 e. The van der Waals surface area contributed by atoms with Crippen molar-refractivity contribution in [3.8, 4) is 23.0 Å². The van der Waals surface area contributed by atoms with Crippen LogP contribution in [0.25, 0.3) is 0 Å². The van der Waals surface area contributed by atoms with Gasteiger partial charge in [-0.15, -0.1) is 0 Å². The third-order valence-corrected chi connectivity index (χ3v) is 7.44. The summed E-state index contributed by atoms with van der Waals surface area (Å²) in [6.45, 7) is 5.19. The summed E-state index contributed by atoms with van der Waals surface area (Å²) in [4.78, 5) is 27.5. The van der Waals surface area contributed by atoms with Crippen LogP contribution in [-0.4, -0.2) is 70.4 Å². The lowest BCUT2D eigenvalue weighted by molar-refractivity contribution is 0.0961. The number of ether oxygens (including phenoxy) is 4. The molecule has 9 nitrogen and oxygen atoms in total. The topological polar surface area (TPSA) is 86.2 Å². The summed E-state index contributed by atoms with van der Waals surface area (Å²) >= 11 is 0. The Balaban J connectivity index is 1.38. The highest BCUT2D eigenvalue weighted by Gasteiger charge is 2.32. The molecule has 38 heavy (non-hydrogen) atoms. The molecule has 0 bridgehead atoms. The van der Waals surface area contributed by atoms with E-state index in [0.717, 1.165) is 54.6 Å². The molecule has 5 rings (SSSR count). The Morgan fingerprint density at radius 3 is 2.13 bits per heavy atom. The Morgan fingerprint density at radius 1 is 0.816 bits per heavy atom. The molecular weight excluding hydrogens is 484 g/mol. The molecule has 0 saturated carbocycles. The van der Waals surface area contributed by atoms with E-state index < -0.39 is 0 Å². The Kier molecular flexibility index (Phi) is 7.26. The lowest BCUT2D eigenvalue weighted by Crippen LogP contribution is -2.47. The van der Waals surface area contributed by atoms with Crippen molar-refractivity contribution in [2.24, 2.45) is 0 Å². The maximum Gasteiger partial charge on any atom is 0.225 e. The molecule has 1 aliphatic carbocycles. The zero-order chi connectivity index (χ0) is 26.8. The van der Waals surface area contributed by atoms with Crippen LogP contribution in [0.3, 0.4) is 0 Å². The van der Waals surface area contributed by atoms with Gasteiger partial charge in [-0.3, -0.25) is 4.79 Å². The van der Waals surface area contributed by atoms with E-state index in [-0.39, 0.29) is 11.7 Å². The van der Waals surface area contributed by atoms with E-state index in [4.69, 9.17) is 28.9 Å². The molecule has 2 aliphatic rings. The summed E-state index contributed by atoms with van der Waals surface area (Å²) in [7, 11) is 6.46. The van der Waals surface area contributed by atoms with Crippen molar-refractivity contribution < 1.29 is 23.7 Å². The van der Waals surface area contributed by atoms with Crippen LogP contribution in [0.1, 0.15) is 39.6 Å². The Morgan fingerprint density at radius 2 is 1.50 bits per heavy atom. The van der Waals surface area contributed by atoms with Crippen molar-refractivity contribution in [1.82, 2.24) is 9.97 Å². The molecule has 0 unspecified atom stereocenters. The molecule has 0 N–H and O–H groups in total. The lowest BCUT2D eigenvalue weighted by atomic mass is 9.81. The summed E-state index contributed by atoms with van der Waals surface area (Å²) in [6, 6.07) is 12.0. The third-order valence-electron chi connectivity index (χ3n) is 7.44. The average Bonchev–Trinajstić information content (AvgIpc) is 2.95. The summed E-state index contributed by atoms with van der Waals surface area (Å²) in [5, 5.41) is 0. The molecule has 200 valence electrons. The Hall–Kier alpha value is -4.01. The zero-order valence-corrected chi connectivity index (χ0v) is 22.6. The average molecular weight is 519 g/mol. The van der Waals surface area contributed by atoms with Gasteiger partial charge < -0.3 is 28.7 Å². The molecule has 2 heterocycles. The molecule has 1 atom stereocenters. The number of aryl methyl sites for hydroxylation is 1. The molecule has 0 spiro atoms. The normalized spacial score (nSPS) is 17.2. The van der Waals surface area contributed by atoms with Crippen LogP contribution in [-0.2, 0) is 6.42 Å². The van der Waals surface area contributed by atoms with E-state index in [9.17, 15) is 4.79 Å². The summed E-state index contributed by atoms with van der Waals surface area (Å²) < 4.78 is 21.9. The number of carbonyl (C=O) groups excluding carboxylic acids is 1. The van der Waals surface area contributed by atoms with Gasteiger partial charge in [0.25, 0.3) is 0 Å². The van der Waals surface area contributed by atoms with Crippen LogP contribution in [0.15, 0.2) is 36.4 Å². The highest BCUT2D eigenvalue weighted by molar-refractivity contribution is 5.99. The minimum atomic E-state index is -0.0456. The highest BCUT2D eigenvalue weighted by Crippen LogP contribution is 2.43. The van der Waals surface area contributed by atoms with Crippen LogP contribution in [0, 0.1) is 6.92 Å². The molecule has 0 radical (unpaired) electrons. The fraction of sp³-hybridized carbons (Fsp3) is 0.414. The minimum absolute atomic E-state index is 0.0456. The number of carbonyl (C=O) groups is 1. The molecule has 1 aromatic heterocycles. The first-order chi connectivity index (χ1) is 18.4. The van der Waals surface area contributed by atoms with Crippen molar-refractivity contribution in [2.75, 3.05) is 64.4 Å². The number of methoxy groups -OCH3 is 4. The van der Waals surface area contributed by atoms with Gasteiger partial charge >= 0.3 is 0 Å². The summed E-state index contributed by atoms with van der Waals surface area (Å²) in [5.74, 6) is 3.25. The van der Waals surface area contributed by atoms with Gasteiger partial charge in [0.2, 0.25) is 11.7 Å². The zero-order valence-electron chi connectivity index (χ0n) is 22.6. The van der Waals surface area contributed by atoms with Crippen LogP contribution in [0.2, 0.25) is 0 Å². The van der Waals surface area contributed by atoms with Crippen LogP contribution >= 0.6 is 0 Å². The molecule has 1 saturated heterocycles. The highest BCUT2D eigenvalue weighted by atomic mass is 16.5. The SMILES string of the molecule is COc1cccc(N2CCN(c3nc(C)c4c(n3)C[C@H](c3cc(OC)c(OC)c(OC)c3)CC4=O)CC2)c1. The van der Waals surface area contributed by atoms with E-state index in [1.54, 1.807) is 28.4 Å². The fourth-order valence-electron chi connectivity index (χ4n) is 5.44. The molecule has 9 heteroatoms. The van der Waals surface area contributed by atoms with E-state index in [0.29, 0.717) is 41.6 Å². The van der Waals surface area contributed by atoms with Crippen molar-refractivity contribution in [3.05, 3.63) is 58.9 Å². The lowest BCUT2D eigenvalue weighted by Gasteiger charge is -2.36. The van der Waals surface area contributed by atoms with Crippen LogP contribution < -0.4 is 28.7 Å². The van der Waals surface area contributed by atoms with Crippen molar-refractivity contribution in [3.63, 3.8) is 0 Å². The van der Waals surface area contributed by atoms with Gasteiger partial charge in [-0.1, -0.05) is 6.07 Å². The molecule has 3 aromatic rings. The summed E-state index contributed by atoms with van der Waals surface area (Å²) in [5.41, 5.74) is 4.31. The number of aromatic nitrogens is 2. The summed E-state index contributed by atoms with van der Waals surface area (Å²) in [6.07, 6.45) is 1.02. The fourth-order valence-corrected chi connectivity index (χ4v) is 5.44. The first-order valence-electron chi connectivity index (χ1n) is 12.8. The number of nitrogens with zero attached hydrogens (tertiary/aromatic N) is 4. The monoisotopic (exact) mass is 518 g/mol. The van der Waals surface area contributed by atoms with Crippen molar-refractivity contribution in [1.29, 1.82) is 0 Å². The number of hydrogen-bond donors (Lipinski definition) is 0. The van der Waals surface area contributed by atoms with E-state index >= 15 is 0 Å². The number of rotatable bonds is 7. The number of fused-ring (bicyclic) bond motifs is 1. The van der Waals surface area contributed by atoms with Gasteiger partial charge in [-0.05, 0) is 49.1 Å². The van der Waals surface area contributed by atoms with Gasteiger partial charge in [0.1, 0.15) is 5.75 Å². The first kappa shape index (κ1) is 25.6. The smallest absolute Gasteiger partial charge is 0.225 e. The maximum absolute atomic E-state index is 13.3. The van der Waals surface area contributed by atoms with E-state index in [1.807, 2.05) is 31.2 Å². The van der Waals surface area contributed by atoms with Gasteiger partial charge in [0.05, 0.1) is 45.4 Å².